The monoisotopic (exact) mass is 266 g/mol. The quantitative estimate of drug-likeness (QED) is 0.708. The highest BCUT2D eigenvalue weighted by Gasteiger charge is 2.09. The third-order valence-corrected chi connectivity index (χ3v) is 3.95. The fourth-order valence-corrected chi connectivity index (χ4v) is 2.89. The maximum absolute atomic E-state index is 9.08. The normalized spacial score (nSPS) is 10.3. The summed E-state index contributed by atoms with van der Waals surface area (Å²) in [7, 11) is 1.64. The molecule has 0 saturated carbocycles. The van der Waals surface area contributed by atoms with Crippen molar-refractivity contribution in [1.82, 2.24) is 4.98 Å². The number of methoxy groups -OCH3 is 1. The van der Waals surface area contributed by atoms with Crippen LogP contribution in [0.25, 0.3) is 20.8 Å². The van der Waals surface area contributed by atoms with E-state index >= 15 is 0 Å². The first-order chi connectivity index (χ1) is 9.31. The maximum atomic E-state index is 9.08. The second-order valence-electron chi connectivity index (χ2n) is 4.01. The summed E-state index contributed by atoms with van der Waals surface area (Å²) in [4.78, 5) is 4.56. The molecule has 0 radical (unpaired) electrons. The number of rotatable bonds is 2. The predicted molar refractivity (Wildman–Crippen MR) is 76.3 cm³/mol. The van der Waals surface area contributed by atoms with Gasteiger partial charge in [0.05, 0.1) is 22.9 Å². The number of nitrogens with zero attached hydrogens (tertiary/aromatic N) is 2. The molecule has 0 unspecified atom stereocenters. The molecule has 0 atom stereocenters. The molecule has 0 spiro atoms. The van der Waals surface area contributed by atoms with Gasteiger partial charge < -0.3 is 4.74 Å². The van der Waals surface area contributed by atoms with Crippen LogP contribution in [0.2, 0.25) is 0 Å². The molecule has 0 bridgehead atoms. The fourth-order valence-electron chi connectivity index (χ4n) is 1.90. The van der Waals surface area contributed by atoms with E-state index in [2.05, 4.69) is 11.1 Å². The van der Waals surface area contributed by atoms with E-state index in [1.807, 2.05) is 36.4 Å². The highest BCUT2D eigenvalue weighted by Crippen LogP contribution is 2.32. The van der Waals surface area contributed by atoms with Crippen molar-refractivity contribution in [3.8, 4) is 22.4 Å². The number of benzene rings is 2. The topological polar surface area (TPSA) is 45.9 Å². The number of hydrogen-bond donors (Lipinski definition) is 0. The van der Waals surface area contributed by atoms with Gasteiger partial charge in [-0.05, 0) is 36.4 Å². The lowest BCUT2D eigenvalue weighted by atomic mass is 10.2. The van der Waals surface area contributed by atoms with Crippen LogP contribution >= 0.6 is 11.3 Å². The molecule has 0 aliphatic heterocycles. The van der Waals surface area contributed by atoms with E-state index in [1.54, 1.807) is 24.5 Å². The molecule has 0 aliphatic rings. The first kappa shape index (κ1) is 11.7. The van der Waals surface area contributed by atoms with Gasteiger partial charge >= 0.3 is 0 Å². The SMILES string of the molecule is COc1ccc(-c2nc3c(C#N)cccc3s2)cc1. The number of aromatic nitrogens is 1. The van der Waals surface area contributed by atoms with Crippen molar-refractivity contribution >= 4 is 21.6 Å². The van der Waals surface area contributed by atoms with Gasteiger partial charge in [-0.15, -0.1) is 11.3 Å². The standard InChI is InChI=1S/C15H10N2OS/c1-18-12-7-5-10(6-8-12)15-17-14-11(9-16)3-2-4-13(14)19-15/h2-8H,1H3. The Hall–Kier alpha value is -2.38. The summed E-state index contributed by atoms with van der Waals surface area (Å²) in [6, 6.07) is 15.6. The molecule has 3 nitrogen and oxygen atoms in total. The average molecular weight is 266 g/mol. The minimum Gasteiger partial charge on any atom is -0.497 e. The van der Waals surface area contributed by atoms with Crippen LogP contribution in [0.15, 0.2) is 42.5 Å². The summed E-state index contributed by atoms with van der Waals surface area (Å²) >= 11 is 1.59. The Morgan fingerprint density at radius 3 is 2.63 bits per heavy atom. The van der Waals surface area contributed by atoms with Gasteiger partial charge in [0.25, 0.3) is 0 Å². The van der Waals surface area contributed by atoms with Crippen molar-refractivity contribution in [3.05, 3.63) is 48.0 Å². The number of thiazole rings is 1. The van der Waals surface area contributed by atoms with Crippen LogP contribution in [0.5, 0.6) is 5.75 Å². The van der Waals surface area contributed by atoms with Gasteiger partial charge in [-0.1, -0.05) is 6.07 Å². The van der Waals surface area contributed by atoms with E-state index in [-0.39, 0.29) is 0 Å². The first-order valence-corrected chi connectivity index (χ1v) is 6.57. The van der Waals surface area contributed by atoms with Crippen LogP contribution in [0.3, 0.4) is 0 Å². The van der Waals surface area contributed by atoms with Gasteiger partial charge in [-0.25, -0.2) is 4.98 Å². The molecular weight excluding hydrogens is 256 g/mol. The number of nitriles is 1. The summed E-state index contributed by atoms with van der Waals surface area (Å²) in [5.41, 5.74) is 2.43. The van der Waals surface area contributed by atoms with Crippen molar-refractivity contribution in [2.24, 2.45) is 0 Å². The van der Waals surface area contributed by atoms with Gasteiger partial charge in [-0.3, -0.25) is 0 Å². The fraction of sp³-hybridized carbons (Fsp3) is 0.0667. The van der Waals surface area contributed by atoms with Crippen molar-refractivity contribution in [1.29, 1.82) is 5.26 Å². The van der Waals surface area contributed by atoms with Crippen molar-refractivity contribution < 1.29 is 4.74 Å². The van der Waals surface area contributed by atoms with E-state index < -0.39 is 0 Å². The molecule has 0 saturated heterocycles. The molecule has 0 fully saturated rings. The largest absolute Gasteiger partial charge is 0.497 e. The molecular formula is C15H10N2OS. The van der Waals surface area contributed by atoms with Crippen LogP contribution in [0.1, 0.15) is 5.56 Å². The molecule has 0 amide bonds. The minimum absolute atomic E-state index is 0.619. The Kier molecular flexibility index (Phi) is 2.90. The second-order valence-corrected chi connectivity index (χ2v) is 5.04. The highest BCUT2D eigenvalue weighted by molar-refractivity contribution is 7.21. The first-order valence-electron chi connectivity index (χ1n) is 5.76. The van der Waals surface area contributed by atoms with E-state index in [9.17, 15) is 0 Å². The summed E-state index contributed by atoms with van der Waals surface area (Å²) in [5, 5.41) is 10.00. The smallest absolute Gasteiger partial charge is 0.124 e. The number of para-hydroxylation sites is 1. The van der Waals surface area contributed by atoms with Gasteiger partial charge in [0.15, 0.2) is 0 Å². The highest BCUT2D eigenvalue weighted by atomic mass is 32.1. The molecule has 4 heteroatoms. The molecule has 19 heavy (non-hydrogen) atoms. The van der Waals surface area contributed by atoms with E-state index in [1.165, 1.54) is 0 Å². The molecule has 1 aromatic heterocycles. The lowest BCUT2D eigenvalue weighted by molar-refractivity contribution is 0.415. The van der Waals surface area contributed by atoms with Crippen LogP contribution in [-0.2, 0) is 0 Å². The van der Waals surface area contributed by atoms with Gasteiger partial charge in [0.2, 0.25) is 0 Å². The zero-order valence-corrected chi connectivity index (χ0v) is 11.1. The second kappa shape index (κ2) is 4.71. The zero-order valence-electron chi connectivity index (χ0n) is 10.3. The van der Waals surface area contributed by atoms with E-state index in [4.69, 9.17) is 10.00 Å². The predicted octanol–water partition coefficient (Wildman–Crippen LogP) is 3.84. The summed E-state index contributed by atoms with van der Waals surface area (Å²) < 4.78 is 6.17. The third-order valence-electron chi connectivity index (χ3n) is 2.88. The van der Waals surface area contributed by atoms with Crippen LogP contribution in [0.4, 0.5) is 0 Å². The number of ether oxygens (including phenoxy) is 1. The summed E-state index contributed by atoms with van der Waals surface area (Å²) in [6.45, 7) is 0. The molecule has 92 valence electrons. The Labute approximate surface area is 114 Å². The average Bonchev–Trinajstić information content (AvgIpc) is 2.91. The number of hydrogen-bond acceptors (Lipinski definition) is 4. The lowest BCUT2D eigenvalue weighted by Crippen LogP contribution is -1.82. The Morgan fingerprint density at radius 2 is 1.95 bits per heavy atom. The zero-order chi connectivity index (χ0) is 13.2. The minimum atomic E-state index is 0.619. The molecule has 2 aromatic carbocycles. The molecule has 1 heterocycles. The van der Waals surface area contributed by atoms with Gasteiger partial charge in [0, 0.05) is 5.56 Å². The van der Waals surface area contributed by atoms with Crippen molar-refractivity contribution in [2.75, 3.05) is 7.11 Å². The van der Waals surface area contributed by atoms with Gasteiger partial charge in [0.1, 0.15) is 16.8 Å². The molecule has 0 aliphatic carbocycles. The van der Waals surface area contributed by atoms with Crippen LogP contribution < -0.4 is 4.74 Å². The summed E-state index contributed by atoms with van der Waals surface area (Å²) in [6.07, 6.45) is 0. The van der Waals surface area contributed by atoms with Crippen molar-refractivity contribution in [3.63, 3.8) is 0 Å². The third kappa shape index (κ3) is 2.05. The Balaban J connectivity index is 2.12. The molecule has 0 N–H and O–H groups in total. The van der Waals surface area contributed by atoms with Gasteiger partial charge in [-0.2, -0.15) is 5.26 Å². The number of fused-ring (bicyclic) bond motifs is 1. The summed E-state index contributed by atoms with van der Waals surface area (Å²) in [5.74, 6) is 0.822. The van der Waals surface area contributed by atoms with E-state index in [0.29, 0.717) is 5.56 Å². The maximum Gasteiger partial charge on any atom is 0.124 e. The van der Waals surface area contributed by atoms with Crippen LogP contribution in [-0.4, -0.2) is 12.1 Å². The lowest BCUT2D eigenvalue weighted by Gasteiger charge is -1.99. The van der Waals surface area contributed by atoms with Crippen LogP contribution in [0, 0.1) is 11.3 Å². The van der Waals surface area contributed by atoms with Crippen molar-refractivity contribution in [2.45, 2.75) is 0 Å². The molecule has 3 aromatic rings. The Bertz CT molecular complexity index is 769. The molecule has 3 rings (SSSR count). The Morgan fingerprint density at radius 1 is 1.16 bits per heavy atom. The van der Waals surface area contributed by atoms with E-state index in [0.717, 1.165) is 26.5 Å².